The molecule has 4 nitrogen and oxygen atoms in total. The zero-order valence-corrected chi connectivity index (χ0v) is 10.9. The van der Waals surface area contributed by atoms with Crippen molar-refractivity contribution in [3.63, 3.8) is 0 Å². The normalized spacial score (nSPS) is 17.4. The Morgan fingerprint density at radius 2 is 2.00 bits per heavy atom. The van der Waals surface area contributed by atoms with Gasteiger partial charge >= 0.3 is 0 Å². The minimum atomic E-state index is 0.0333. The highest BCUT2D eigenvalue weighted by atomic mass is 16.6. The topological polar surface area (TPSA) is 43.6 Å². The van der Waals surface area contributed by atoms with Crippen molar-refractivity contribution >= 4 is 0 Å². The van der Waals surface area contributed by atoms with Crippen LogP contribution in [-0.2, 0) is 6.54 Å². The van der Waals surface area contributed by atoms with E-state index in [0.29, 0.717) is 13.2 Å². The first-order chi connectivity index (χ1) is 9.31. The predicted molar refractivity (Wildman–Crippen MR) is 71.5 cm³/mol. The fourth-order valence-corrected chi connectivity index (χ4v) is 2.10. The molecule has 1 aromatic carbocycles. The summed E-state index contributed by atoms with van der Waals surface area (Å²) in [5, 5.41) is 3.32. The van der Waals surface area contributed by atoms with Gasteiger partial charge < -0.3 is 19.2 Å². The number of aryl methyl sites for hydroxylation is 1. The fourth-order valence-electron chi connectivity index (χ4n) is 2.10. The molecule has 1 N–H and O–H groups in total. The Labute approximate surface area is 112 Å². The van der Waals surface area contributed by atoms with Gasteiger partial charge in [0, 0.05) is 6.54 Å². The van der Waals surface area contributed by atoms with Crippen molar-refractivity contribution in [2.45, 2.75) is 19.6 Å². The van der Waals surface area contributed by atoms with Crippen molar-refractivity contribution in [1.29, 1.82) is 0 Å². The van der Waals surface area contributed by atoms with E-state index in [1.54, 1.807) is 0 Å². The van der Waals surface area contributed by atoms with Crippen molar-refractivity contribution in [2.24, 2.45) is 0 Å². The van der Waals surface area contributed by atoms with Crippen LogP contribution in [0.5, 0.6) is 11.5 Å². The van der Waals surface area contributed by atoms with E-state index in [-0.39, 0.29) is 6.10 Å². The molecule has 0 amide bonds. The van der Waals surface area contributed by atoms with Crippen LogP contribution < -0.4 is 14.8 Å². The summed E-state index contributed by atoms with van der Waals surface area (Å²) in [6.07, 6.45) is 0.0333. The van der Waals surface area contributed by atoms with Crippen molar-refractivity contribution in [2.75, 3.05) is 13.2 Å². The average Bonchev–Trinajstić information content (AvgIpc) is 2.84. The van der Waals surface area contributed by atoms with Crippen molar-refractivity contribution in [3.05, 3.63) is 47.9 Å². The highest BCUT2D eigenvalue weighted by Gasteiger charge is 2.19. The molecular formula is C15H17NO3. The van der Waals surface area contributed by atoms with E-state index in [0.717, 1.165) is 29.6 Å². The number of furan rings is 1. The maximum Gasteiger partial charge on any atom is 0.161 e. The van der Waals surface area contributed by atoms with Crippen LogP contribution in [-0.4, -0.2) is 19.3 Å². The van der Waals surface area contributed by atoms with Crippen LogP contribution in [0.4, 0.5) is 0 Å². The standard InChI is InChI=1S/C15H17NO3/c1-11-6-7-12(18-11)8-16-9-13-10-17-14-4-2-3-5-15(14)19-13/h2-7,13,16H,8-10H2,1H3. The molecule has 19 heavy (non-hydrogen) atoms. The molecule has 1 aliphatic heterocycles. The maximum atomic E-state index is 5.86. The molecule has 1 atom stereocenters. The number of hydrogen-bond acceptors (Lipinski definition) is 4. The summed E-state index contributed by atoms with van der Waals surface area (Å²) in [6.45, 7) is 3.95. The van der Waals surface area contributed by atoms with Gasteiger partial charge in [0.15, 0.2) is 11.5 Å². The van der Waals surface area contributed by atoms with Crippen LogP contribution in [0.1, 0.15) is 11.5 Å². The Hall–Kier alpha value is -1.94. The van der Waals surface area contributed by atoms with E-state index in [2.05, 4.69) is 5.32 Å². The van der Waals surface area contributed by atoms with Crippen LogP contribution in [0, 0.1) is 6.92 Å². The van der Waals surface area contributed by atoms with E-state index in [1.807, 2.05) is 43.3 Å². The number of nitrogens with one attached hydrogen (secondary N) is 1. The molecule has 4 heteroatoms. The van der Waals surface area contributed by atoms with E-state index in [1.165, 1.54) is 0 Å². The third-order valence-corrected chi connectivity index (χ3v) is 3.03. The molecule has 3 rings (SSSR count). The summed E-state index contributed by atoms with van der Waals surface area (Å²) in [4.78, 5) is 0. The van der Waals surface area contributed by atoms with Crippen LogP contribution in [0.15, 0.2) is 40.8 Å². The lowest BCUT2D eigenvalue weighted by atomic mass is 10.2. The zero-order valence-electron chi connectivity index (χ0n) is 10.9. The third-order valence-electron chi connectivity index (χ3n) is 3.03. The lowest BCUT2D eigenvalue weighted by molar-refractivity contribution is 0.0898. The minimum absolute atomic E-state index is 0.0333. The molecule has 1 unspecified atom stereocenters. The van der Waals surface area contributed by atoms with Gasteiger partial charge in [0.1, 0.15) is 24.2 Å². The van der Waals surface area contributed by atoms with E-state index >= 15 is 0 Å². The second-order valence-corrected chi connectivity index (χ2v) is 4.64. The molecule has 0 bridgehead atoms. The summed E-state index contributed by atoms with van der Waals surface area (Å²) in [5.41, 5.74) is 0. The van der Waals surface area contributed by atoms with Gasteiger partial charge in [-0.25, -0.2) is 0 Å². The van der Waals surface area contributed by atoms with Crippen molar-refractivity contribution < 1.29 is 13.9 Å². The Morgan fingerprint density at radius 3 is 2.79 bits per heavy atom. The molecule has 0 saturated carbocycles. The van der Waals surface area contributed by atoms with Crippen LogP contribution in [0.3, 0.4) is 0 Å². The largest absolute Gasteiger partial charge is 0.486 e. The van der Waals surface area contributed by atoms with Crippen molar-refractivity contribution in [3.8, 4) is 11.5 Å². The van der Waals surface area contributed by atoms with Crippen LogP contribution >= 0.6 is 0 Å². The molecule has 0 aliphatic carbocycles. The van der Waals surface area contributed by atoms with Gasteiger partial charge in [-0.2, -0.15) is 0 Å². The molecule has 2 heterocycles. The van der Waals surface area contributed by atoms with Gasteiger partial charge in [-0.05, 0) is 31.2 Å². The molecule has 0 spiro atoms. The smallest absolute Gasteiger partial charge is 0.161 e. The maximum absolute atomic E-state index is 5.86. The average molecular weight is 259 g/mol. The highest BCUT2D eigenvalue weighted by molar-refractivity contribution is 5.40. The summed E-state index contributed by atoms with van der Waals surface area (Å²) in [6, 6.07) is 11.7. The first kappa shape index (κ1) is 12.1. The number of benzene rings is 1. The third kappa shape index (κ3) is 2.90. The van der Waals surface area contributed by atoms with E-state index in [4.69, 9.17) is 13.9 Å². The summed E-state index contributed by atoms with van der Waals surface area (Å²) in [7, 11) is 0. The number of ether oxygens (including phenoxy) is 2. The number of fused-ring (bicyclic) bond motifs is 1. The van der Waals surface area contributed by atoms with E-state index < -0.39 is 0 Å². The first-order valence-corrected chi connectivity index (χ1v) is 6.46. The van der Waals surface area contributed by atoms with Gasteiger partial charge in [-0.3, -0.25) is 0 Å². The summed E-state index contributed by atoms with van der Waals surface area (Å²) in [5.74, 6) is 3.51. The second kappa shape index (κ2) is 5.36. The summed E-state index contributed by atoms with van der Waals surface area (Å²) >= 11 is 0. The van der Waals surface area contributed by atoms with Gasteiger partial charge in [-0.15, -0.1) is 0 Å². The Morgan fingerprint density at radius 1 is 1.16 bits per heavy atom. The van der Waals surface area contributed by atoms with Gasteiger partial charge in [0.2, 0.25) is 0 Å². The molecule has 0 radical (unpaired) electrons. The van der Waals surface area contributed by atoms with Crippen LogP contribution in [0.25, 0.3) is 0 Å². The Balaban J connectivity index is 1.50. The number of rotatable bonds is 4. The molecule has 100 valence electrons. The fraction of sp³-hybridized carbons (Fsp3) is 0.333. The Bertz CT molecular complexity index is 550. The van der Waals surface area contributed by atoms with Gasteiger partial charge in [0.25, 0.3) is 0 Å². The molecule has 0 saturated heterocycles. The molecule has 0 fully saturated rings. The molecular weight excluding hydrogens is 242 g/mol. The molecule has 1 aliphatic rings. The quantitative estimate of drug-likeness (QED) is 0.916. The summed E-state index contributed by atoms with van der Waals surface area (Å²) < 4.78 is 17.0. The number of para-hydroxylation sites is 2. The predicted octanol–water partition coefficient (Wildman–Crippen LogP) is 2.52. The molecule has 1 aromatic heterocycles. The monoisotopic (exact) mass is 259 g/mol. The minimum Gasteiger partial charge on any atom is -0.486 e. The van der Waals surface area contributed by atoms with E-state index in [9.17, 15) is 0 Å². The lowest BCUT2D eigenvalue weighted by Crippen LogP contribution is -2.38. The highest BCUT2D eigenvalue weighted by Crippen LogP contribution is 2.30. The second-order valence-electron chi connectivity index (χ2n) is 4.64. The van der Waals surface area contributed by atoms with Crippen molar-refractivity contribution in [1.82, 2.24) is 5.32 Å². The zero-order chi connectivity index (χ0) is 13.1. The SMILES string of the molecule is Cc1ccc(CNCC2COc3ccccc3O2)o1. The lowest BCUT2D eigenvalue weighted by Gasteiger charge is -2.26. The number of hydrogen-bond donors (Lipinski definition) is 1. The van der Waals surface area contributed by atoms with Gasteiger partial charge in [0.05, 0.1) is 6.54 Å². The Kier molecular flexibility index (Phi) is 3.42. The molecule has 2 aromatic rings. The first-order valence-electron chi connectivity index (χ1n) is 6.46. The van der Waals surface area contributed by atoms with Gasteiger partial charge in [-0.1, -0.05) is 12.1 Å². The van der Waals surface area contributed by atoms with Crippen LogP contribution in [0.2, 0.25) is 0 Å².